The molecule has 2 aromatic carbocycles. The van der Waals surface area contributed by atoms with Crippen LogP contribution in [0.15, 0.2) is 60.7 Å². The molecule has 36 heavy (non-hydrogen) atoms. The van der Waals surface area contributed by atoms with Gasteiger partial charge in [0.05, 0.1) is 11.1 Å². The molecule has 2 aromatic rings. The van der Waals surface area contributed by atoms with Crippen LogP contribution in [0.3, 0.4) is 0 Å². The molecule has 0 saturated carbocycles. The van der Waals surface area contributed by atoms with Crippen LogP contribution in [-0.4, -0.2) is 51.1 Å². The van der Waals surface area contributed by atoms with Crippen molar-refractivity contribution in [3.05, 3.63) is 71.8 Å². The van der Waals surface area contributed by atoms with Gasteiger partial charge in [0.2, 0.25) is 0 Å². The van der Waals surface area contributed by atoms with Gasteiger partial charge in [0, 0.05) is 21.9 Å². The SMILES string of the molecule is CC[C@H](Br)[C@@H](C)[C@H](C=O)OC(=O)c1ccccc1.CC[C@H]1SC(O)[C@H](OC(=O)c2ccccc2)[C@@H]1C. The zero-order valence-corrected chi connectivity index (χ0v) is 23.5. The first-order valence-electron chi connectivity index (χ1n) is 12.2. The summed E-state index contributed by atoms with van der Waals surface area (Å²) in [4.78, 5) is 35.0. The van der Waals surface area contributed by atoms with Gasteiger partial charge < -0.3 is 14.6 Å². The highest BCUT2D eigenvalue weighted by Crippen LogP contribution is 2.40. The Hall–Kier alpha value is -2.16. The molecule has 0 bridgehead atoms. The van der Waals surface area contributed by atoms with Crippen LogP contribution in [0, 0.1) is 11.8 Å². The zero-order chi connectivity index (χ0) is 26.7. The van der Waals surface area contributed by atoms with Gasteiger partial charge >= 0.3 is 11.9 Å². The highest BCUT2D eigenvalue weighted by atomic mass is 79.9. The number of ether oxygens (including phenoxy) is 2. The molecule has 1 heterocycles. The monoisotopic (exact) mass is 578 g/mol. The number of halogens is 1. The summed E-state index contributed by atoms with van der Waals surface area (Å²) in [5, 5.41) is 10.3. The van der Waals surface area contributed by atoms with Crippen LogP contribution in [0.25, 0.3) is 0 Å². The molecule has 0 amide bonds. The fourth-order valence-electron chi connectivity index (χ4n) is 3.85. The summed E-state index contributed by atoms with van der Waals surface area (Å²) in [7, 11) is 0. The van der Waals surface area contributed by atoms with Gasteiger partial charge in [-0.05, 0) is 37.1 Å². The summed E-state index contributed by atoms with van der Waals surface area (Å²) < 4.78 is 10.7. The van der Waals surface area contributed by atoms with Crippen LogP contribution >= 0.6 is 27.7 Å². The van der Waals surface area contributed by atoms with Crippen molar-refractivity contribution in [2.45, 2.75) is 68.3 Å². The Kier molecular flexibility index (Phi) is 12.7. The molecule has 0 aromatic heterocycles. The molecular formula is C28H35BrO6S. The third-order valence-corrected chi connectivity index (χ3v) is 9.36. The minimum Gasteiger partial charge on any atom is -0.455 e. The van der Waals surface area contributed by atoms with E-state index in [9.17, 15) is 19.5 Å². The van der Waals surface area contributed by atoms with Crippen molar-refractivity contribution >= 4 is 45.9 Å². The van der Waals surface area contributed by atoms with Crippen LogP contribution in [0.2, 0.25) is 0 Å². The van der Waals surface area contributed by atoms with Gasteiger partial charge in [-0.1, -0.05) is 80.0 Å². The molecule has 1 aliphatic heterocycles. The zero-order valence-electron chi connectivity index (χ0n) is 21.1. The van der Waals surface area contributed by atoms with E-state index in [1.807, 2.05) is 32.9 Å². The second kappa shape index (κ2) is 15.2. The molecule has 1 fully saturated rings. The molecule has 6 nitrogen and oxygen atoms in total. The van der Waals surface area contributed by atoms with Crippen LogP contribution < -0.4 is 0 Å². The lowest BCUT2D eigenvalue weighted by Crippen LogP contribution is -2.31. The molecule has 196 valence electrons. The fourth-order valence-corrected chi connectivity index (χ4v) is 5.57. The maximum absolute atomic E-state index is 11.9. The average Bonchev–Trinajstić information content (AvgIpc) is 3.19. The number of aliphatic hydroxyl groups is 1. The Labute approximate surface area is 226 Å². The Morgan fingerprint density at radius 1 is 1.03 bits per heavy atom. The lowest BCUT2D eigenvalue weighted by molar-refractivity contribution is -0.117. The number of hydrogen-bond acceptors (Lipinski definition) is 7. The molecule has 7 atom stereocenters. The fraction of sp³-hybridized carbons (Fsp3) is 0.464. The van der Waals surface area contributed by atoms with Crippen molar-refractivity contribution in [3.63, 3.8) is 0 Å². The largest absolute Gasteiger partial charge is 0.455 e. The highest BCUT2D eigenvalue weighted by molar-refractivity contribution is 9.09. The van der Waals surface area contributed by atoms with Gasteiger partial charge in [0.15, 0.2) is 12.4 Å². The maximum atomic E-state index is 11.9. The normalized spacial score (nSPS) is 23.4. The minimum absolute atomic E-state index is 0.0554. The molecule has 1 unspecified atom stereocenters. The Morgan fingerprint density at radius 2 is 1.56 bits per heavy atom. The van der Waals surface area contributed by atoms with Gasteiger partial charge in [-0.25, -0.2) is 9.59 Å². The average molecular weight is 580 g/mol. The molecule has 1 aliphatic rings. The Bertz CT molecular complexity index is 957. The predicted molar refractivity (Wildman–Crippen MR) is 146 cm³/mol. The van der Waals surface area contributed by atoms with Crippen LogP contribution in [0.5, 0.6) is 0 Å². The summed E-state index contributed by atoms with van der Waals surface area (Å²) in [5.41, 5.74) is 0.374. The topological polar surface area (TPSA) is 89.9 Å². The molecule has 0 aliphatic carbocycles. The number of benzene rings is 2. The quantitative estimate of drug-likeness (QED) is 0.224. The van der Waals surface area contributed by atoms with Crippen molar-refractivity contribution in [1.29, 1.82) is 0 Å². The first kappa shape index (κ1) is 30.1. The van der Waals surface area contributed by atoms with Crippen molar-refractivity contribution in [2.24, 2.45) is 11.8 Å². The molecule has 0 radical (unpaired) electrons. The van der Waals surface area contributed by atoms with E-state index in [4.69, 9.17) is 9.47 Å². The number of alkyl halides is 1. The number of carbonyl (C=O) groups is 3. The number of aldehydes is 1. The predicted octanol–water partition coefficient (Wildman–Crippen LogP) is 5.91. The number of esters is 2. The van der Waals surface area contributed by atoms with Gasteiger partial charge in [-0.3, -0.25) is 4.79 Å². The van der Waals surface area contributed by atoms with E-state index in [2.05, 4.69) is 22.9 Å². The van der Waals surface area contributed by atoms with E-state index in [-0.39, 0.29) is 22.6 Å². The van der Waals surface area contributed by atoms with Gasteiger partial charge in [-0.2, -0.15) is 0 Å². The summed E-state index contributed by atoms with van der Waals surface area (Å²) in [6.07, 6.45) is 1.40. The molecule has 1 N–H and O–H groups in total. The summed E-state index contributed by atoms with van der Waals surface area (Å²) in [5.74, 6) is -0.693. The molecule has 1 saturated heterocycles. The smallest absolute Gasteiger partial charge is 0.338 e. The van der Waals surface area contributed by atoms with Gasteiger partial charge in [0.1, 0.15) is 11.5 Å². The molecule has 8 heteroatoms. The summed E-state index contributed by atoms with van der Waals surface area (Å²) in [6, 6.07) is 17.6. The third kappa shape index (κ3) is 8.46. The first-order chi connectivity index (χ1) is 17.2. The summed E-state index contributed by atoms with van der Waals surface area (Å²) in [6.45, 7) is 8.01. The third-order valence-electron chi connectivity index (χ3n) is 6.22. The number of aliphatic hydroxyl groups excluding tert-OH is 1. The maximum Gasteiger partial charge on any atom is 0.338 e. The summed E-state index contributed by atoms with van der Waals surface area (Å²) >= 11 is 4.98. The minimum atomic E-state index is -0.720. The van der Waals surface area contributed by atoms with E-state index in [0.717, 1.165) is 12.8 Å². The van der Waals surface area contributed by atoms with Gasteiger partial charge in [-0.15, -0.1) is 11.8 Å². The molecule has 3 rings (SSSR count). The molecular weight excluding hydrogens is 544 g/mol. The van der Waals surface area contributed by atoms with Crippen LogP contribution in [-0.2, 0) is 14.3 Å². The second-order valence-corrected chi connectivity index (χ2v) is 11.3. The van der Waals surface area contributed by atoms with Crippen LogP contribution in [0.4, 0.5) is 0 Å². The standard InChI is InChI=1S/C14H17BrO3.C14H18O3S/c1-3-12(15)10(2)13(9-16)18-14(17)11-7-5-4-6-8-11;1-3-11-9(2)12(14(16)18-11)17-13(15)10-7-5-4-6-8-10/h4-10,12-13H,3H2,1-2H3;4-9,11-12,14,16H,3H2,1-2H3/t10-,12+,13+;9-,11-,12-,14?/m11/s1. The second-order valence-electron chi connectivity index (χ2n) is 8.72. The number of carbonyl (C=O) groups excluding carboxylic acids is 3. The first-order valence-corrected chi connectivity index (χ1v) is 14.0. The van der Waals surface area contributed by atoms with Crippen molar-refractivity contribution in [3.8, 4) is 0 Å². The Morgan fingerprint density at radius 3 is 2.00 bits per heavy atom. The Balaban J connectivity index is 0.000000254. The number of thioether (sulfide) groups is 1. The van der Waals surface area contributed by atoms with E-state index < -0.39 is 23.6 Å². The lowest BCUT2D eigenvalue weighted by atomic mass is 9.99. The number of hydrogen-bond donors (Lipinski definition) is 1. The lowest BCUT2D eigenvalue weighted by Gasteiger charge is -2.22. The number of rotatable bonds is 9. The van der Waals surface area contributed by atoms with Crippen LogP contribution in [0.1, 0.15) is 61.3 Å². The van der Waals surface area contributed by atoms with Gasteiger partial charge in [0.25, 0.3) is 0 Å². The van der Waals surface area contributed by atoms with E-state index in [1.165, 1.54) is 11.8 Å². The van der Waals surface area contributed by atoms with Crippen molar-refractivity contribution in [2.75, 3.05) is 0 Å². The van der Waals surface area contributed by atoms with Crippen molar-refractivity contribution in [1.82, 2.24) is 0 Å². The highest BCUT2D eigenvalue weighted by Gasteiger charge is 2.42. The van der Waals surface area contributed by atoms with E-state index >= 15 is 0 Å². The van der Waals surface area contributed by atoms with Crippen molar-refractivity contribution < 1.29 is 29.0 Å². The van der Waals surface area contributed by atoms with E-state index in [1.54, 1.807) is 48.5 Å². The van der Waals surface area contributed by atoms with E-state index in [0.29, 0.717) is 22.7 Å². The molecule has 0 spiro atoms.